The van der Waals surface area contributed by atoms with Gasteiger partial charge in [-0.05, 0) is 24.5 Å². The van der Waals surface area contributed by atoms with Crippen LogP contribution in [0.5, 0.6) is 0 Å². The fourth-order valence-corrected chi connectivity index (χ4v) is 1.12. The molecule has 1 unspecified atom stereocenters. The fourth-order valence-electron chi connectivity index (χ4n) is 1.12. The molecule has 0 aliphatic carbocycles. The molecule has 5 N–H and O–H groups in total. The van der Waals surface area contributed by atoms with Gasteiger partial charge in [-0.3, -0.25) is 10.3 Å². The molecular weight excluding hydrogens is 304 g/mol. The van der Waals surface area contributed by atoms with E-state index in [1.165, 1.54) is 0 Å². The molecule has 10 nitrogen and oxygen atoms in total. The minimum atomic E-state index is -1.50. The Morgan fingerprint density at radius 1 is 1.48 bits per heavy atom. The molecule has 1 aromatic rings. The molecule has 0 bridgehead atoms. The van der Waals surface area contributed by atoms with Gasteiger partial charge in [0.25, 0.3) is 5.09 Å². The molecule has 0 amide bonds. The van der Waals surface area contributed by atoms with Gasteiger partial charge in [-0.2, -0.15) is 5.26 Å². The Balaban J connectivity index is 0. The Hall–Kier alpha value is -2.93. The standard InChI is InChI=1S/C13H19N5.HNO3.H2O/c1-10(13(2,3)4)17-12(16-9-14)18-11-5-7-15-8-6-11;2-1(3)4;/h5-8,10H,1-4H3,(H2,15,16,17,18);(H,2,3,4);1H2. The minimum Gasteiger partial charge on any atom is -0.412 e. The summed E-state index contributed by atoms with van der Waals surface area (Å²) < 4.78 is 0. The van der Waals surface area contributed by atoms with Crippen molar-refractivity contribution in [1.82, 2.24) is 15.6 Å². The van der Waals surface area contributed by atoms with E-state index in [-0.39, 0.29) is 16.9 Å². The van der Waals surface area contributed by atoms with Gasteiger partial charge in [0.2, 0.25) is 5.96 Å². The fraction of sp³-hybridized carbons (Fsp3) is 0.462. The number of nitriles is 1. The molecule has 0 aliphatic rings. The van der Waals surface area contributed by atoms with Crippen molar-refractivity contribution in [3.05, 3.63) is 34.6 Å². The van der Waals surface area contributed by atoms with Gasteiger partial charge in [-0.25, -0.2) is 4.99 Å². The largest absolute Gasteiger partial charge is 0.412 e. The number of nitrogens with one attached hydrogen (secondary N) is 2. The van der Waals surface area contributed by atoms with Crippen LogP contribution < -0.4 is 10.6 Å². The van der Waals surface area contributed by atoms with Crippen LogP contribution in [0.1, 0.15) is 27.7 Å². The van der Waals surface area contributed by atoms with Crippen LogP contribution in [0.25, 0.3) is 0 Å². The zero-order valence-electron chi connectivity index (χ0n) is 13.4. The Morgan fingerprint density at radius 3 is 2.35 bits per heavy atom. The van der Waals surface area contributed by atoms with Crippen molar-refractivity contribution in [2.24, 2.45) is 10.4 Å². The molecule has 0 saturated heterocycles. The molecular formula is C13H22N6O4. The predicted molar refractivity (Wildman–Crippen MR) is 84.5 cm³/mol. The Labute approximate surface area is 134 Å². The maximum atomic E-state index is 8.74. The van der Waals surface area contributed by atoms with Crippen LogP contribution in [0.3, 0.4) is 0 Å². The highest BCUT2D eigenvalue weighted by Gasteiger charge is 2.20. The van der Waals surface area contributed by atoms with Gasteiger partial charge in [0.15, 0.2) is 6.19 Å². The maximum absolute atomic E-state index is 8.74. The highest BCUT2D eigenvalue weighted by Crippen LogP contribution is 2.18. The van der Waals surface area contributed by atoms with Crippen molar-refractivity contribution < 1.29 is 15.8 Å². The molecule has 23 heavy (non-hydrogen) atoms. The summed E-state index contributed by atoms with van der Waals surface area (Å²) in [7, 11) is 0. The van der Waals surface area contributed by atoms with E-state index in [2.05, 4.69) is 48.3 Å². The molecule has 0 spiro atoms. The quantitative estimate of drug-likeness (QED) is 0.182. The van der Waals surface area contributed by atoms with Gasteiger partial charge in [-0.1, -0.05) is 20.8 Å². The van der Waals surface area contributed by atoms with E-state index in [1.807, 2.05) is 6.19 Å². The van der Waals surface area contributed by atoms with E-state index < -0.39 is 5.09 Å². The van der Waals surface area contributed by atoms with Gasteiger partial charge >= 0.3 is 0 Å². The lowest BCUT2D eigenvalue weighted by molar-refractivity contribution is -0.742. The number of hydrogen-bond donors (Lipinski definition) is 3. The SMILES string of the molecule is CC(N/C(=N/c1ccncc1)NC#N)C(C)(C)C.O.O=[N+]([O-])O. The van der Waals surface area contributed by atoms with Crippen molar-refractivity contribution >= 4 is 11.6 Å². The summed E-state index contributed by atoms with van der Waals surface area (Å²) in [4.78, 5) is 16.6. The third kappa shape index (κ3) is 11.4. The average molecular weight is 326 g/mol. The molecule has 1 rings (SSSR count). The van der Waals surface area contributed by atoms with Crippen LogP contribution in [-0.2, 0) is 0 Å². The summed E-state index contributed by atoms with van der Waals surface area (Å²) in [6.07, 6.45) is 5.21. The molecule has 1 aromatic heterocycles. The van der Waals surface area contributed by atoms with Crippen LogP contribution in [0.15, 0.2) is 29.5 Å². The third-order valence-corrected chi connectivity index (χ3v) is 2.73. The Morgan fingerprint density at radius 2 is 1.96 bits per heavy atom. The van der Waals surface area contributed by atoms with Crippen molar-refractivity contribution in [2.45, 2.75) is 33.7 Å². The first-order valence-corrected chi connectivity index (χ1v) is 6.40. The van der Waals surface area contributed by atoms with E-state index in [9.17, 15) is 0 Å². The molecule has 10 heteroatoms. The molecule has 1 atom stereocenters. The summed E-state index contributed by atoms with van der Waals surface area (Å²) in [5, 5.41) is 28.1. The molecule has 128 valence electrons. The molecule has 0 aliphatic heterocycles. The van der Waals surface area contributed by atoms with E-state index in [0.717, 1.165) is 5.69 Å². The predicted octanol–water partition coefficient (Wildman–Crippen LogP) is 0.992. The third-order valence-electron chi connectivity index (χ3n) is 2.73. The molecule has 0 saturated carbocycles. The number of hydrogen-bond acceptors (Lipinski definition) is 5. The maximum Gasteiger partial charge on any atom is 0.291 e. The monoisotopic (exact) mass is 326 g/mol. The first-order valence-electron chi connectivity index (χ1n) is 6.40. The summed E-state index contributed by atoms with van der Waals surface area (Å²) >= 11 is 0. The second kappa shape index (κ2) is 10.7. The lowest BCUT2D eigenvalue weighted by Crippen LogP contribution is -2.46. The van der Waals surface area contributed by atoms with Gasteiger partial charge in [-0.15, -0.1) is 10.1 Å². The number of pyridine rings is 1. The number of guanidine groups is 1. The zero-order valence-corrected chi connectivity index (χ0v) is 13.4. The van der Waals surface area contributed by atoms with Gasteiger partial charge in [0.05, 0.1) is 5.69 Å². The summed E-state index contributed by atoms with van der Waals surface area (Å²) in [6, 6.07) is 3.74. The first-order chi connectivity index (χ1) is 10.2. The van der Waals surface area contributed by atoms with Crippen molar-refractivity contribution in [3.8, 4) is 6.19 Å². The van der Waals surface area contributed by atoms with E-state index in [1.54, 1.807) is 24.5 Å². The number of rotatable bonds is 2. The zero-order chi connectivity index (χ0) is 17.2. The normalized spacial score (nSPS) is 11.7. The molecule has 1 heterocycles. The van der Waals surface area contributed by atoms with Crippen LogP contribution >= 0.6 is 0 Å². The lowest BCUT2D eigenvalue weighted by Gasteiger charge is -2.28. The molecule has 0 fully saturated rings. The number of aliphatic imine (C=N–C) groups is 1. The van der Waals surface area contributed by atoms with Gasteiger partial charge in [0.1, 0.15) is 0 Å². The van der Waals surface area contributed by atoms with E-state index >= 15 is 0 Å². The van der Waals surface area contributed by atoms with Crippen molar-refractivity contribution in [2.75, 3.05) is 0 Å². The van der Waals surface area contributed by atoms with Gasteiger partial charge in [0, 0.05) is 18.4 Å². The van der Waals surface area contributed by atoms with Crippen LogP contribution in [0.4, 0.5) is 5.69 Å². The summed E-state index contributed by atoms with van der Waals surface area (Å²) in [5.74, 6) is 0.450. The topological polar surface area (TPSA) is 168 Å². The second-order valence-electron chi connectivity index (χ2n) is 5.37. The Kier molecular flexibility index (Phi) is 10.4. The molecule has 0 aromatic carbocycles. The van der Waals surface area contributed by atoms with E-state index in [4.69, 9.17) is 20.6 Å². The van der Waals surface area contributed by atoms with Gasteiger partial charge < -0.3 is 16.0 Å². The first kappa shape index (κ1) is 22.4. The number of aromatic nitrogens is 1. The van der Waals surface area contributed by atoms with Crippen molar-refractivity contribution in [1.29, 1.82) is 5.26 Å². The lowest BCUT2D eigenvalue weighted by atomic mass is 9.88. The van der Waals surface area contributed by atoms with Crippen LogP contribution in [0, 0.1) is 27.0 Å². The van der Waals surface area contributed by atoms with E-state index in [0.29, 0.717) is 5.96 Å². The highest BCUT2D eigenvalue weighted by atomic mass is 16.9. The second-order valence-corrected chi connectivity index (χ2v) is 5.37. The summed E-state index contributed by atoms with van der Waals surface area (Å²) in [6.45, 7) is 8.43. The average Bonchev–Trinajstić information content (AvgIpc) is 2.38. The minimum absolute atomic E-state index is 0. The van der Waals surface area contributed by atoms with Crippen LogP contribution in [-0.4, -0.2) is 32.8 Å². The summed E-state index contributed by atoms with van der Waals surface area (Å²) in [5.41, 5.74) is 0.826. The smallest absolute Gasteiger partial charge is 0.291 e. The number of nitrogens with zero attached hydrogens (tertiary/aromatic N) is 4. The van der Waals surface area contributed by atoms with Crippen molar-refractivity contribution in [3.63, 3.8) is 0 Å². The highest BCUT2D eigenvalue weighted by molar-refractivity contribution is 5.84. The Bertz CT molecular complexity index is 532. The van der Waals surface area contributed by atoms with Crippen LogP contribution in [0.2, 0.25) is 0 Å². The molecule has 0 radical (unpaired) electrons.